The molecule has 0 bridgehead atoms. The molecule has 0 aromatic carbocycles. The molecule has 1 saturated heterocycles. The smallest absolute Gasteiger partial charge is 0.339 e. The third kappa shape index (κ3) is 2.41. The number of aromatic carboxylic acids is 1. The van der Waals surface area contributed by atoms with Gasteiger partial charge in [0.2, 0.25) is 0 Å². The molecule has 1 atom stereocenters. The number of rotatable bonds is 4. The summed E-state index contributed by atoms with van der Waals surface area (Å²) in [5, 5.41) is 13.1. The molecular formula is C11H16N2O3. The zero-order valence-corrected chi connectivity index (χ0v) is 9.35. The monoisotopic (exact) mass is 224 g/mol. The fourth-order valence-corrected chi connectivity index (χ4v) is 1.99. The molecule has 0 aliphatic carbocycles. The van der Waals surface area contributed by atoms with Crippen molar-refractivity contribution < 1.29 is 14.6 Å². The molecule has 0 spiro atoms. The summed E-state index contributed by atoms with van der Waals surface area (Å²) in [5.74, 6) is -0.916. The fourth-order valence-electron chi connectivity index (χ4n) is 1.99. The lowest BCUT2D eigenvalue weighted by Crippen LogP contribution is -2.10. The summed E-state index contributed by atoms with van der Waals surface area (Å²) in [5.41, 5.74) is 0.854. The zero-order chi connectivity index (χ0) is 11.5. The van der Waals surface area contributed by atoms with E-state index in [1.165, 1.54) is 0 Å². The van der Waals surface area contributed by atoms with Crippen LogP contribution < -0.4 is 0 Å². The van der Waals surface area contributed by atoms with Gasteiger partial charge < -0.3 is 9.84 Å². The van der Waals surface area contributed by atoms with Crippen molar-refractivity contribution in [3.8, 4) is 0 Å². The van der Waals surface area contributed by atoms with Gasteiger partial charge in [0, 0.05) is 19.3 Å². The van der Waals surface area contributed by atoms with Gasteiger partial charge in [0.05, 0.1) is 11.8 Å². The molecule has 0 amide bonds. The fraction of sp³-hybridized carbons (Fsp3) is 0.636. The van der Waals surface area contributed by atoms with E-state index < -0.39 is 5.97 Å². The molecule has 1 N–H and O–H groups in total. The van der Waals surface area contributed by atoms with Crippen LogP contribution in [-0.2, 0) is 11.3 Å². The zero-order valence-electron chi connectivity index (χ0n) is 9.35. The summed E-state index contributed by atoms with van der Waals surface area (Å²) < 4.78 is 7.20. The first kappa shape index (κ1) is 11.1. The maximum absolute atomic E-state index is 10.8. The van der Waals surface area contributed by atoms with Crippen LogP contribution in [-0.4, -0.2) is 33.6 Å². The third-order valence-electron chi connectivity index (χ3n) is 2.88. The second-order valence-electron chi connectivity index (χ2n) is 4.12. The number of nitrogens with zero attached hydrogens (tertiary/aromatic N) is 2. The van der Waals surface area contributed by atoms with Gasteiger partial charge >= 0.3 is 5.97 Å². The van der Waals surface area contributed by atoms with Crippen molar-refractivity contribution >= 4 is 5.97 Å². The Balaban J connectivity index is 1.94. The number of aryl methyl sites for hydroxylation is 2. The van der Waals surface area contributed by atoms with E-state index >= 15 is 0 Å². The van der Waals surface area contributed by atoms with Crippen LogP contribution in [0.1, 0.15) is 35.3 Å². The normalized spacial score (nSPS) is 20.2. The lowest BCUT2D eigenvalue weighted by molar-refractivity contribution is 0.0696. The van der Waals surface area contributed by atoms with Crippen molar-refractivity contribution in [2.24, 2.45) is 0 Å². The Bertz CT molecular complexity index is 381. The quantitative estimate of drug-likeness (QED) is 0.840. The maximum Gasteiger partial charge on any atom is 0.339 e. The predicted octanol–water partition coefficient (Wildman–Crippen LogP) is 1.46. The second-order valence-corrected chi connectivity index (χ2v) is 4.12. The molecule has 1 unspecified atom stereocenters. The van der Waals surface area contributed by atoms with E-state index in [1.54, 1.807) is 17.8 Å². The SMILES string of the molecule is Cc1nn(CCC2CCCO2)cc1C(=O)O. The van der Waals surface area contributed by atoms with E-state index in [0.717, 1.165) is 32.4 Å². The molecule has 5 heteroatoms. The molecule has 0 saturated carbocycles. The van der Waals surface area contributed by atoms with Crippen molar-refractivity contribution in [2.75, 3.05) is 6.61 Å². The Morgan fingerprint density at radius 2 is 2.56 bits per heavy atom. The van der Waals surface area contributed by atoms with Gasteiger partial charge in [0.25, 0.3) is 0 Å². The van der Waals surface area contributed by atoms with Crippen molar-refractivity contribution in [2.45, 2.75) is 38.8 Å². The van der Waals surface area contributed by atoms with E-state index in [2.05, 4.69) is 5.10 Å². The summed E-state index contributed by atoms with van der Waals surface area (Å²) in [4.78, 5) is 10.8. The second kappa shape index (κ2) is 4.65. The topological polar surface area (TPSA) is 64.4 Å². The first-order valence-corrected chi connectivity index (χ1v) is 5.56. The van der Waals surface area contributed by atoms with Crippen molar-refractivity contribution in [3.63, 3.8) is 0 Å². The van der Waals surface area contributed by atoms with E-state index in [-0.39, 0.29) is 5.56 Å². The summed E-state index contributed by atoms with van der Waals surface area (Å²) >= 11 is 0. The molecule has 1 aromatic heterocycles. The highest BCUT2D eigenvalue weighted by molar-refractivity contribution is 5.88. The Hall–Kier alpha value is -1.36. The minimum absolute atomic E-state index is 0.285. The number of hydrogen-bond donors (Lipinski definition) is 1. The van der Waals surface area contributed by atoms with E-state index in [4.69, 9.17) is 9.84 Å². The molecule has 2 rings (SSSR count). The first-order chi connectivity index (χ1) is 7.66. The van der Waals surface area contributed by atoms with E-state index in [9.17, 15) is 4.79 Å². The molecule has 2 heterocycles. The molecule has 1 aliphatic heterocycles. The summed E-state index contributed by atoms with van der Waals surface area (Å²) in [6.07, 6.45) is 5.04. The highest BCUT2D eigenvalue weighted by atomic mass is 16.5. The van der Waals surface area contributed by atoms with Gasteiger partial charge in [-0.1, -0.05) is 0 Å². The summed E-state index contributed by atoms with van der Waals surface area (Å²) in [7, 11) is 0. The summed E-state index contributed by atoms with van der Waals surface area (Å²) in [6, 6.07) is 0. The van der Waals surface area contributed by atoms with Gasteiger partial charge in [-0.2, -0.15) is 5.10 Å². The number of ether oxygens (including phenoxy) is 1. The number of carboxylic acid groups (broad SMARTS) is 1. The minimum atomic E-state index is -0.916. The largest absolute Gasteiger partial charge is 0.478 e. The predicted molar refractivity (Wildman–Crippen MR) is 57.5 cm³/mol. The molecule has 1 aliphatic rings. The molecule has 5 nitrogen and oxygen atoms in total. The third-order valence-corrected chi connectivity index (χ3v) is 2.88. The summed E-state index contributed by atoms with van der Waals surface area (Å²) in [6.45, 7) is 3.29. The molecule has 1 fully saturated rings. The standard InChI is InChI=1S/C11H16N2O3/c1-8-10(11(14)15)7-13(12-8)5-4-9-3-2-6-16-9/h7,9H,2-6H2,1H3,(H,14,15). The lowest BCUT2D eigenvalue weighted by atomic mass is 10.2. The number of aromatic nitrogens is 2. The Morgan fingerprint density at radius 1 is 1.75 bits per heavy atom. The maximum atomic E-state index is 10.8. The lowest BCUT2D eigenvalue weighted by Gasteiger charge is -2.08. The van der Waals surface area contributed by atoms with Gasteiger partial charge in [-0.05, 0) is 26.2 Å². The van der Waals surface area contributed by atoms with Gasteiger partial charge in [-0.3, -0.25) is 4.68 Å². The van der Waals surface area contributed by atoms with E-state index in [0.29, 0.717) is 11.8 Å². The van der Waals surface area contributed by atoms with E-state index in [1.807, 2.05) is 0 Å². The Labute approximate surface area is 94.0 Å². The van der Waals surface area contributed by atoms with Crippen molar-refractivity contribution in [3.05, 3.63) is 17.5 Å². The van der Waals surface area contributed by atoms with Crippen LogP contribution in [0.5, 0.6) is 0 Å². The van der Waals surface area contributed by atoms with Crippen LogP contribution in [0.3, 0.4) is 0 Å². The van der Waals surface area contributed by atoms with Crippen LogP contribution >= 0.6 is 0 Å². The number of carboxylic acids is 1. The molecule has 88 valence electrons. The van der Waals surface area contributed by atoms with Crippen LogP contribution in [0.25, 0.3) is 0 Å². The first-order valence-electron chi connectivity index (χ1n) is 5.56. The highest BCUT2D eigenvalue weighted by Gasteiger charge is 2.16. The highest BCUT2D eigenvalue weighted by Crippen LogP contribution is 2.16. The van der Waals surface area contributed by atoms with Crippen molar-refractivity contribution in [1.82, 2.24) is 9.78 Å². The van der Waals surface area contributed by atoms with Crippen LogP contribution in [0.4, 0.5) is 0 Å². The van der Waals surface area contributed by atoms with Crippen LogP contribution in [0.2, 0.25) is 0 Å². The molecule has 1 aromatic rings. The molecule has 16 heavy (non-hydrogen) atoms. The average Bonchev–Trinajstić information content (AvgIpc) is 2.83. The van der Waals surface area contributed by atoms with Gasteiger partial charge in [-0.15, -0.1) is 0 Å². The minimum Gasteiger partial charge on any atom is -0.478 e. The Morgan fingerprint density at radius 3 is 3.12 bits per heavy atom. The average molecular weight is 224 g/mol. The molecular weight excluding hydrogens is 208 g/mol. The molecule has 0 radical (unpaired) electrons. The van der Waals surface area contributed by atoms with Crippen LogP contribution in [0.15, 0.2) is 6.20 Å². The van der Waals surface area contributed by atoms with Gasteiger partial charge in [0.1, 0.15) is 5.56 Å². The van der Waals surface area contributed by atoms with Gasteiger partial charge in [-0.25, -0.2) is 4.79 Å². The number of carbonyl (C=O) groups is 1. The number of hydrogen-bond acceptors (Lipinski definition) is 3. The Kier molecular flexibility index (Phi) is 3.24. The van der Waals surface area contributed by atoms with Crippen LogP contribution in [0, 0.1) is 6.92 Å². The van der Waals surface area contributed by atoms with Gasteiger partial charge in [0.15, 0.2) is 0 Å². The van der Waals surface area contributed by atoms with Crippen molar-refractivity contribution in [1.29, 1.82) is 0 Å².